The maximum absolute atomic E-state index is 10.4. The van der Waals surface area contributed by atoms with Crippen molar-refractivity contribution < 1.29 is 10.2 Å². The van der Waals surface area contributed by atoms with Crippen molar-refractivity contribution in [2.45, 2.75) is 46.3 Å². The third-order valence-corrected chi connectivity index (χ3v) is 2.41. The fourth-order valence-electron chi connectivity index (χ4n) is 1.31. The van der Waals surface area contributed by atoms with Gasteiger partial charge in [-0.25, -0.2) is 0 Å². The first kappa shape index (κ1) is 13.4. The zero-order valence-electron chi connectivity index (χ0n) is 9.83. The van der Waals surface area contributed by atoms with Crippen molar-refractivity contribution in [2.24, 2.45) is 5.41 Å². The molecule has 2 nitrogen and oxygen atoms in total. The van der Waals surface area contributed by atoms with Crippen LogP contribution in [0.4, 0.5) is 0 Å². The summed E-state index contributed by atoms with van der Waals surface area (Å²) in [5, 5.41) is 19.5. The lowest BCUT2D eigenvalue weighted by Crippen LogP contribution is -2.42. The first-order valence-corrected chi connectivity index (χ1v) is 4.87. The van der Waals surface area contributed by atoms with Crippen LogP contribution >= 0.6 is 0 Å². The Kier molecular flexibility index (Phi) is 4.10. The molecule has 0 spiro atoms. The summed E-state index contributed by atoms with van der Waals surface area (Å²) >= 11 is 0. The van der Waals surface area contributed by atoms with E-state index < -0.39 is 11.7 Å². The lowest BCUT2D eigenvalue weighted by molar-refractivity contribution is 0.0195. The molecule has 14 heavy (non-hydrogen) atoms. The summed E-state index contributed by atoms with van der Waals surface area (Å²) in [7, 11) is 0. The number of hydrogen-bond donors (Lipinski definition) is 2. The van der Waals surface area contributed by atoms with Gasteiger partial charge in [0.1, 0.15) is 5.60 Å². The molecule has 0 radical (unpaired) electrons. The molecule has 2 unspecified atom stereocenters. The minimum atomic E-state index is -1.07. The highest BCUT2D eigenvalue weighted by molar-refractivity contribution is 5.25. The minimum Gasteiger partial charge on any atom is -0.389 e. The molecule has 0 aromatic heterocycles. The first-order chi connectivity index (χ1) is 6.11. The molecule has 2 atom stereocenters. The van der Waals surface area contributed by atoms with Crippen molar-refractivity contribution in [2.75, 3.05) is 0 Å². The number of aliphatic hydroxyl groups excluding tert-OH is 1. The second-order valence-electron chi connectivity index (χ2n) is 4.90. The Morgan fingerprint density at radius 2 is 1.79 bits per heavy atom. The molecule has 0 amide bonds. The van der Waals surface area contributed by atoms with Crippen LogP contribution < -0.4 is 0 Å². The van der Waals surface area contributed by atoms with Gasteiger partial charge in [-0.3, -0.25) is 0 Å². The van der Waals surface area contributed by atoms with Crippen LogP contribution in [0.15, 0.2) is 24.3 Å². The predicted octanol–water partition coefficient (Wildman–Crippen LogP) is 2.28. The van der Waals surface area contributed by atoms with Crippen molar-refractivity contribution in [3.8, 4) is 0 Å². The molecule has 0 rings (SSSR count). The topological polar surface area (TPSA) is 40.5 Å². The van der Waals surface area contributed by atoms with Crippen LogP contribution in [0, 0.1) is 5.41 Å². The Bertz CT molecular complexity index is 233. The number of hydrogen-bond acceptors (Lipinski definition) is 2. The molecule has 0 aliphatic heterocycles. The van der Waals surface area contributed by atoms with Crippen LogP contribution in [0.25, 0.3) is 0 Å². The van der Waals surface area contributed by atoms with Crippen LogP contribution in [-0.4, -0.2) is 21.9 Å². The van der Waals surface area contributed by atoms with Crippen molar-refractivity contribution in [1.29, 1.82) is 0 Å². The molecule has 0 aromatic rings. The van der Waals surface area contributed by atoms with Crippen LogP contribution in [0.5, 0.6) is 0 Å². The molecule has 82 valence electrons. The molecular weight excluding hydrogens is 176 g/mol. The summed E-state index contributed by atoms with van der Waals surface area (Å²) in [6, 6.07) is 0. The van der Waals surface area contributed by atoms with Gasteiger partial charge in [0.05, 0.1) is 6.10 Å². The molecule has 0 aliphatic rings. The Morgan fingerprint density at radius 1 is 1.36 bits per heavy atom. The zero-order chi connectivity index (χ0) is 11.6. The highest BCUT2D eigenvalue weighted by Gasteiger charge is 2.38. The molecule has 0 heterocycles. The van der Waals surface area contributed by atoms with Gasteiger partial charge in [0.15, 0.2) is 0 Å². The Balaban J connectivity index is 5.03. The van der Waals surface area contributed by atoms with E-state index >= 15 is 0 Å². The van der Waals surface area contributed by atoms with Gasteiger partial charge in [0.2, 0.25) is 0 Å². The van der Waals surface area contributed by atoms with Gasteiger partial charge in [0, 0.05) is 0 Å². The van der Waals surface area contributed by atoms with E-state index in [0.717, 1.165) is 0 Å². The van der Waals surface area contributed by atoms with E-state index in [2.05, 4.69) is 6.58 Å². The molecule has 0 bridgehead atoms. The molecule has 2 heteroatoms. The van der Waals surface area contributed by atoms with Gasteiger partial charge in [0.25, 0.3) is 0 Å². The highest BCUT2D eigenvalue weighted by atomic mass is 16.3. The fourth-order valence-corrected chi connectivity index (χ4v) is 1.31. The summed E-state index contributed by atoms with van der Waals surface area (Å²) in [5.41, 5.74) is -0.712. The zero-order valence-corrected chi connectivity index (χ0v) is 9.83. The summed E-state index contributed by atoms with van der Waals surface area (Å²) in [5.74, 6) is 0. The van der Waals surface area contributed by atoms with E-state index in [1.165, 1.54) is 0 Å². The summed E-state index contributed by atoms with van der Waals surface area (Å²) < 4.78 is 0. The third kappa shape index (κ3) is 2.96. The quantitative estimate of drug-likeness (QED) is 0.683. The van der Waals surface area contributed by atoms with Gasteiger partial charge in [-0.05, 0) is 30.9 Å². The van der Waals surface area contributed by atoms with Crippen molar-refractivity contribution in [3.63, 3.8) is 0 Å². The van der Waals surface area contributed by atoms with E-state index in [1.54, 1.807) is 26.0 Å². The lowest BCUT2D eigenvalue weighted by atomic mass is 9.72. The monoisotopic (exact) mass is 198 g/mol. The lowest BCUT2D eigenvalue weighted by Gasteiger charge is -2.38. The van der Waals surface area contributed by atoms with E-state index in [9.17, 15) is 5.11 Å². The summed E-state index contributed by atoms with van der Waals surface area (Å²) in [4.78, 5) is 0. The third-order valence-electron chi connectivity index (χ3n) is 2.41. The van der Waals surface area contributed by atoms with Crippen molar-refractivity contribution >= 4 is 0 Å². The Morgan fingerprint density at radius 3 is 2.00 bits per heavy atom. The van der Waals surface area contributed by atoms with Crippen molar-refractivity contribution in [1.82, 2.24) is 0 Å². The fraction of sp³-hybridized carbons (Fsp3) is 0.667. The standard InChI is InChI=1S/C12H22O2/c1-9(2)12(14,11(4,5)6)8-7-10(3)13/h7-8,10,13-14H,1H2,2-6H3/b8-7+. The van der Waals surface area contributed by atoms with E-state index in [-0.39, 0.29) is 5.41 Å². The maximum Gasteiger partial charge on any atom is 0.108 e. The van der Waals surface area contributed by atoms with Crippen LogP contribution in [0.3, 0.4) is 0 Å². The highest BCUT2D eigenvalue weighted by Crippen LogP contribution is 2.36. The maximum atomic E-state index is 10.4. The van der Waals surface area contributed by atoms with Crippen LogP contribution in [0.2, 0.25) is 0 Å². The van der Waals surface area contributed by atoms with Gasteiger partial charge in [-0.2, -0.15) is 0 Å². The molecule has 0 fully saturated rings. The average Bonchev–Trinajstić information content (AvgIpc) is 1.97. The second-order valence-corrected chi connectivity index (χ2v) is 4.90. The number of aliphatic hydroxyl groups is 2. The molecular formula is C12H22O2. The smallest absolute Gasteiger partial charge is 0.108 e. The normalized spacial score (nSPS) is 19.4. The van der Waals surface area contributed by atoms with E-state index in [0.29, 0.717) is 5.57 Å². The number of rotatable bonds is 3. The van der Waals surface area contributed by atoms with E-state index in [4.69, 9.17) is 5.11 Å². The van der Waals surface area contributed by atoms with Crippen molar-refractivity contribution in [3.05, 3.63) is 24.3 Å². The average molecular weight is 198 g/mol. The van der Waals surface area contributed by atoms with Gasteiger partial charge in [-0.15, -0.1) is 0 Å². The van der Waals surface area contributed by atoms with Gasteiger partial charge < -0.3 is 10.2 Å². The minimum absolute atomic E-state index is 0.329. The molecule has 0 saturated heterocycles. The largest absolute Gasteiger partial charge is 0.389 e. The van der Waals surface area contributed by atoms with Crippen LogP contribution in [-0.2, 0) is 0 Å². The first-order valence-electron chi connectivity index (χ1n) is 4.87. The second kappa shape index (κ2) is 4.28. The SMILES string of the molecule is C=C(C)C(O)(/C=C/C(C)O)C(C)(C)C. The van der Waals surface area contributed by atoms with Gasteiger partial charge in [-0.1, -0.05) is 33.4 Å². The van der Waals surface area contributed by atoms with E-state index in [1.807, 2.05) is 20.8 Å². The molecule has 0 aromatic carbocycles. The molecule has 0 aliphatic carbocycles. The molecule has 2 N–H and O–H groups in total. The van der Waals surface area contributed by atoms with Gasteiger partial charge >= 0.3 is 0 Å². The summed E-state index contributed by atoms with van der Waals surface area (Å²) in [6.07, 6.45) is 2.66. The predicted molar refractivity (Wildman–Crippen MR) is 60.0 cm³/mol. The Labute approximate surface area is 87.0 Å². The Hall–Kier alpha value is -0.600. The molecule has 0 saturated carbocycles. The summed E-state index contributed by atoms with van der Waals surface area (Å²) in [6.45, 7) is 13.0. The van der Waals surface area contributed by atoms with Crippen LogP contribution in [0.1, 0.15) is 34.6 Å².